The standard InChI is InChI=1S/C16H17N3O2.C2H6.CH3.Y/c1-4-19-15-12(9-18(3)17-15)14(20)13(16(19)21)11-8-6-5-7-10(11)2;1-2;;/h5-9,20H,4H2,1-3H3;1-2H3;1H3;/q;;-1;. The summed E-state index contributed by atoms with van der Waals surface area (Å²) in [5.74, 6) is 0.00194. The molecule has 0 amide bonds. The first-order valence-corrected chi connectivity index (χ1v) is 7.89. The second kappa shape index (κ2) is 9.88. The molecule has 2 heterocycles. The van der Waals surface area contributed by atoms with Gasteiger partial charge < -0.3 is 12.5 Å². The van der Waals surface area contributed by atoms with E-state index in [2.05, 4.69) is 5.10 Å². The van der Waals surface area contributed by atoms with Crippen LogP contribution in [0.3, 0.4) is 0 Å². The Morgan fingerprint density at radius 3 is 2.36 bits per heavy atom. The van der Waals surface area contributed by atoms with Gasteiger partial charge in [0.2, 0.25) is 0 Å². The van der Waals surface area contributed by atoms with Crippen molar-refractivity contribution in [2.24, 2.45) is 7.05 Å². The van der Waals surface area contributed by atoms with Crippen LogP contribution in [0.2, 0.25) is 0 Å². The zero-order chi connectivity index (χ0) is 17.1. The topological polar surface area (TPSA) is 60.1 Å². The molecule has 6 heteroatoms. The minimum atomic E-state index is -0.213. The number of fused-ring (bicyclic) bond motifs is 1. The van der Waals surface area contributed by atoms with Crippen LogP contribution < -0.4 is 5.56 Å². The van der Waals surface area contributed by atoms with E-state index in [1.54, 1.807) is 22.5 Å². The molecule has 3 rings (SSSR count). The molecule has 2 aromatic heterocycles. The summed E-state index contributed by atoms with van der Waals surface area (Å²) in [6.07, 6.45) is 1.73. The Labute approximate surface area is 174 Å². The maximum absolute atomic E-state index is 12.8. The van der Waals surface area contributed by atoms with Crippen molar-refractivity contribution >= 4 is 11.0 Å². The molecule has 0 saturated carbocycles. The molecule has 0 fully saturated rings. The fourth-order valence-electron chi connectivity index (χ4n) is 2.70. The van der Waals surface area contributed by atoms with E-state index in [0.717, 1.165) is 11.1 Å². The molecule has 5 nitrogen and oxygen atoms in total. The van der Waals surface area contributed by atoms with E-state index in [1.807, 2.05) is 52.0 Å². The van der Waals surface area contributed by atoms with Gasteiger partial charge in [0.05, 0.1) is 10.9 Å². The predicted octanol–water partition coefficient (Wildman–Crippen LogP) is 3.91. The maximum Gasteiger partial charge on any atom is 0.263 e. The largest absolute Gasteiger partial charge is 0.506 e. The number of rotatable bonds is 2. The van der Waals surface area contributed by atoms with Crippen molar-refractivity contribution in [1.82, 2.24) is 14.3 Å². The van der Waals surface area contributed by atoms with E-state index in [-0.39, 0.29) is 51.4 Å². The number of pyridine rings is 1. The molecule has 1 radical (unpaired) electrons. The number of hydrogen-bond donors (Lipinski definition) is 1. The Kier molecular flexibility index (Phi) is 9.30. The van der Waals surface area contributed by atoms with Gasteiger partial charge in [-0.05, 0) is 25.0 Å². The Morgan fingerprint density at radius 1 is 1.20 bits per heavy atom. The van der Waals surface area contributed by atoms with E-state index in [4.69, 9.17) is 0 Å². The van der Waals surface area contributed by atoms with Gasteiger partial charge in [-0.3, -0.25) is 14.0 Å². The van der Waals surface area contributed by atoms with Gasteiger partial charge in [0.15, 0.2) is 5.65 Å². The van der Waals surface area contributed by atoms with Crippen molar-refractivity contribution < 1.29 is 37.8 Å². The second-order valence-electron chi connectivity index (χ2n) is 5.13. The van der Waals surface area contributed by atoms with E-state index in [1.165, 1.54) is 0 Å². The minimum absolute atomic E-state index is 0. The van der Waals surface area contributed by atoms with Crippen LogP contribution in [-0.4, -0.2) is 19.5 Å². The van der Waals surface area contributed by atoms with Crippen molar-refractivity contribution in [2.45, 2.75) is 34.2 Å². The van der Waals surface area contributed by atoms with Gasteiger partial charge in [-0.1, -0.05) is 38.1 Å². The molecule has 0 saturated heterocycles. The smallest absolute Gasteiger partial charge is 0.263 e. The van der Waals surface area contributed by atoms with Crippen LogP contribution in [0, 0.1) is 14.4 Å². The van der Waals surface area contributed by atoms with Crippen molar-refractivity contribution in [2.75, 3.05) is 0 Å². The molecule has 0 aliphatic rings. The average Bonchev–Trinajstić information content (AvgIpc) is 2.93. The monoisotopic (exact) mass is 417 g/mol. The summed E-state index contributed by atoms with van der Waals surface area (Å²) in [5.41, 5.74) is 2.36. The number of aryl methyl sites for hydroxylation is 3. The molecule has 3 aromatic rings. The molecule has 0 aliphatic heterocycles. The van der Waals surface area contributed by atoms with Gasteiger partial charge in [-0.25, -0.2) is 0 Å². The van der Waals surface area contributed by atoms with E-state index in [9.17, 15) is 9.90 Å². The molecular weight excluding hydrogens is 391 g/mol. The summed E-state index contributed by atoms with van der Waals surface area (Å²) < 4.78 is 3.20. The second-order valence-corrected chi connectivity index (χ2v) is 5.13. The molecule has 0 spiro atoms. The number of aromatic nitrogens is 3. The van der Waals surface area contributed by atoms with Crippen LogP contribution in [0.15, 0.2) is 35.3 Å². The Balaban J connectivity index is 0.00000139. The van der Waals surface area contributed by atoms with E-state index in [0.29, 0.717) is 23.1 Å². The van der Waals surface area contributed by atoms with Crippen LogP contribution in [0.25, 0.3) is 22.2 Å². The summed E-state index contributed by atoms with van der Waals surface area (Å²) in [4.78, 5) is 12.8. The normalized spacial score (nSPS) is 9.64. The summed E-state index contributed by atoms with van der Waals surface area (Å²) >= 11 is 0. The van der Waals surface area contributed by atoms with Crippen molar-refractivity contribution in [1.29, 1.82) is 0 Å². The predicted molar refractivity (Wildman–Crippen MR) is 100 cm³/mol. The molecule has 1 N–H and O–H groups in total. The van der Waals surface area contributed by atoms with Crippen molar-refractivity contribution in [3.63, 3.8) is 0 Å². The third-order valence-electron chi connectivity index (χ3n) is 3.75. The molecule has 0 aliphatic carbocycles. The Morgan fingerprint density at radius 2 is 1.80 bits per heavy atom. The maximum atomic E-state index is 12.8. The van der Waals surface area contributed by atoms with Gasteiger partial charge in [-0.2, -0.15) is 5.10 Å². The first-order valence-electron chi connectivity index (χ1n) is 7.89. The first kappa shape index (κ1) is 23.5. The fraction of sp³-hybridized carbons (Fsp3) is 0.316. The average molecular weight is 417 g/mol. The van der Waals surface area contributed by atoms with Gasteiger partial charge >= 0.3 is 0 Å². The molecule has 1 aromatic carbocycles. The summed E-state index contributed by atoms with van der Waals surface area (Å²) in [5, 5.41) is 15.5. The zero-order valence-electron chi connectivity index (χ0n) is 15.9. The SMILES string of the molecule is CC.CCn1c(=O)c(-c2ccccc2C)c(O)c2cn(C)nc21.[CH3-].[Y]. The van der Waals surface area contributed by atoms with Crippen LogP contribution >= 0.6 is 0 Å². The van der Waals surface area contributed by atoms with Crippen molar-refractivity contribution in [3.05, 3.63) is 53.8 Å². The quantitative estimate of drug-likeness (QED) is 0.644. The number of aromatic hydroxyl groups is 1. The number of nitrogens with zero attached hydrogens (tertiary/aromatic N) is 3. The summed E-state index contributed by atoms with van der Waals surface area (Å²) in [7, 11) is 1.78. The molecular formula is C19H26N3O2Y-. The zero-order valence-corrected chi connectivity index (χ0v) is 18.7. The number of hydrogen-bond acceptors (Lipinski definition) is 3. The summed E-state index contributed by atoms with van der Waals surface area (Å²) in [6.45, 7) is 8.33. The molecule has 25 heavy (non-hydrogen) atoms. The summed E-state index contributed by atoms with van der Waals surface area (Å²) in [6, 6.07) is 7.56. The van der Waals surface area contributed by atoms with Gasteiger partial charge in [0, 0.05) is 52.5 Å². The van der Waals surface area contributed by atoms with Crippen LogP contribution in [-0.2, 0) is 46.3 Å². The van der Waals surface area contributed by atoms with Gasteiger partial charge in [0.1, 0.15) is 5.75 Å². The van der Waals surface area contributed by atoms with Gasteiger partial charge in [-0.15, -0.1) is 0 Å². The Hall–Kier alpha value is -1.46. The van der Waals surface area contributed by atoms with E-state index >= 15 is 0 Å². The molecule has 133 valence electrons. The number of benzene rings is 1. The van der Waals surface area contributed by atoms with Crippen LogP contribution in [0.4, 0.5) is 0 Å². The fourth-order valence-corrected chi connectivity index (χ4v) is 2.70. The van der Waals surface area contributed by atoms with Gasteiger partial charge in [0.25, 0.3) is 5.56 Å². The van der Waals surface area contributed by atoms with Crippen LogP contribution in [0.1, 0.15) is 26.3 Å². The Bertz CT molecular complexity index is 898. The third-order valence-corrected chi connectivity index (χ3v) is 3.75. The molecule has 0 bridgehead atoms. The first-order chi connectivity index (χ1) is 11.0. The third kappa shape index (κ3) is 4.21. The molecule has 0 atom stereocenters. The minimum Gasteiger partial charge on any atom is -0.506 e. The van der Waals surface area contributed by atoms with Crippen molar-refractivity contribution in [3.8, 4) is 16.9 Å². The molecule has 0 unspecified atom stereocenters. The van der Waals surface area contributed by atoms with Crippen LogP contribution in [0.5, 0.6) is 5.75 Å². The van der Waals surface area contributed by atoms with E-state index < -0.39 is 0 Å².